The molecule has 1 N–H and O–H groups in total. The number of aliphatic hydroxyl groups excluding tert-OH is 1. The van der Waals surface area contributed by atoms with Gasteiger partial charge in [-0.05, 0) is 23.3 Å². The van der Waals surface area contributed by atoms with E-state index in [1.54, 1.807) is 4.90 Å². The molecule has 1 amide bonds. The zero-order valence-electron chi connectivity index (χ0n) is 14.6. The molecule has 0 aliphatic heterocycles. The van der Waals surface area contributed by atoms with Gasteiger partial charge in [-0.2, -0.15) is 0 Å². The fraction of sp³-hybridized carbons (Fsp3) is 0.136. The third kappa shape index (κ3) is 4.59. The van der Waals surface area contributed by atoms with Crippen molar-refractivity contribution in [2.24, 2.45) is 0 Å². The minimum Gasteiger partial charge on any atom is -0.384 e. The summed E-state index contributed by atoms with van der Waals surface area (Å²) in [7, 11) is 0. The van der Waals surface area contributed by atoms with Crippen LogP contribution in [0, 0.1) is 0 Å². The monoisotopic (exact) mass is 443 g/mol. The molecule has 3 aromatic rings. The van der Waals surface area contributed by atoms with Crippen LogP contribution in [-0.4, -0.2) is 16.9 Å². The van der Waals surface area contributed by atoms with Gasteiger partial charge in [-0.1, -0.05) is 82.7 Å². The minimum atomic E-state index is -0.877. The van der Waals surface area contributed by atoms with E-state index >= 15 is 0 Å². The van der Waals surface area contributed by atoms with Gasteiger partial charge in [0.1, 0.15) is 12.0 Å². The number of rotatable bonds is 6. The number of hydrogen-bond donors (Lipinski definition) is 1. The first-order chi connectivity index (χ1) is 13.1. The van der Waals surface area contributed by atoms with Gasteiger partial charge in [0.15, 0.2) is 0 Å². The summed E-state index contributed by atoms with van der Waals surface area (Å²) in [6.45, 7) is 0.381. The molecule has 3 nitrogen and oxygen atoms in total. The second-order valence-electron chi connectivity index (χ2n) is 6.08. The molecule has 0 saturated carbocycles. The summed E-state index contributed by atoms with van der Waals surface area (Å²) in [5.41, 5.74) is 3.03. The second kappa shape index (κ2) is 9.18. The van der Waals surface area contributed by atoms with Crippen LogP contribution in [0.15, 0.2) is 83.3 Å². The molecule has 1 atom stereocenters. The lowest BCUT2D eigenvalue weighted by atomic mass is 9.99. The van der Waals surface area contributed by atoms with Crippen molar-refractivity contribution in [2.75, 3.05) is 10.8 Å². The average Bonchev–Trinajstić information content (AvgIpc) is 2.72. The maximum absolute atomic E-state index is 12.6. The Kier molecular flexibility index (Phi) is 6.67. The predicted molar refractivity (Wildman–Crippen MR) is 113 cm³/mol. The van der Waals surface area contributed by atoms with Gasteiger partial charge < -0.3 is 10.0 Å². The predicted octanol–water partition coefficient (Wildman–Crippen LogP) is 5.30. The fourth-order valence-corrected chi connectivity index (χ4v) is 3.62. The van der Waals surface area contributed by atoms with E-state index < -0.39 is 6.10 Å². The van der Waals surface area contributed by atoms with Crippen molar-refractivity contribution in [3.8, 4) is 0 Å². The lowest BCUT2D eigenvalue weighted by molar-refractivity contribution is -0.116. The highest BCUT2D eigenvalue weighted by Gasteiger charge is 2.23. The third-order valence-corrected chi connectivity index (χ3v) is 5.27. The maximum atomic E-state index is 12.6. The van der Waals surface area contributed by atoms with E-state index in [-0.39, 0.29) is 11.8 Å². The van der Waals surface area contributed by atoms with E-state index in [1.807, 2.05) is 78.9 Å². The lowest BCUT2D eigenvalue weighted by Gasteiger charge is -2.27. The number of hydrogen-bond acceptors (Lipinski definition) is 2. The van der Waals surface area contributed by atoms with Crippen molar-refractivity contribution in [3.63, 3.8) is 0 Å². The molecule has 0 spiro atoms. The number of aliphatic hydroxyl groups is 1. The molecule has 0 radical (unpaired) electrons. The molecule has 0 heterocycles. The third-order valence-electron chi connectivity index (χ3n) is 4.32. The first kappa shape index (κ1) is 19.6. The number of carbonyl (C=O) groups is 1. The normalized spacial score (nSPS) is 11.8. The van der Waals surface area contributed by atoms with Crippen LogP contribution in [0.1, 0.15) is 22.8 Å². The van der Waals surface area contributed by atoms with Gasteiger partial charge in [0.25, 0.3) is 0 Å². The van der Waals surface area contributed by atoms with Gasteiger partial charge in [-0.25, -0.2) is 0 Å². The Hall–Kier alpha value is -2.14. The number of nitrogens with zero attached hydrogens (tertiary/aromatic N) is 1. The molecule has 3 rings (SSSR count). The Morgan fingerprint density at radius 1 is 0.926 bits per heavy atom. The second-order valence-corrected chi connectivity index (χ2v) is 7.20. The van der Waals surface area contributed by atoms with E-state index in [0.29, 0.717) is 17.8 Å². The van der Waals surface area contributed by atoms with Crippen molar-refractivity contribution >= 4 is 39.1 Å². The summed E-state index contributed by atoms with van der Waals surface area (Å²) in [6, 6.07) is 24.6. The number of alkyl halides is 1. The SMILES string of the molecule is O=C(CCl)N(Cc1ccccc1)c1ccccc1C(O)c1ccccc1Br. The average molecular weight is 445 g/mol. The molecule has 1 unspecified atom stereocenters. The van der Waals surface area contributed by atoms with Crippen LogP contribution in [-0.2, 0) is 11.3 Å². The highest BCUT2D eigenvalue weighted by Crippen LogP contribution is 2.34. The van der Waals surface area contributed by atoms with Crippen LogP contribution in [0.25, 0.3) is 0 Å². The summed E-state index contributed by atoms with van der Waals surface area (Å²) < 4.78 is 0.811. The molecule has 27 heavy (non-hydrogen) atoms. The Labute approximate surface area is 172 Å². The van der Waals surface area contributed by atoms with Crippen molar-refractivity contribution in [1.29, 1.82) is 0 Å². The molecule has 138 valence electrons. The summed E-state index contributed by atoms with van der Waals surface area (Å²) in [5.74, 6) is -0.348. The summed E-state index contributed by atoms with van der Waals surface area (Å²) in [5, 5.41) is 11.0. The zero-order valence-corrected chi connectivity index (χ0v) is 16.9. The maximum Gasteiger partial charge on any atom is 0.242 e. The largest absolute Gasteiger partial charge is 0.384 e. The van der Waals surface area contributed by atoms with E-state index in [1.165, 1.54) is 0 Å². The molecule has 0 aliphatic carbocycles. The number of benzene rings is 3. The number of halogens is 2. The Balaban J connectivity index is 2.03. The quantitative estimate of drug-likeness (QED) is 0.524. The number of anilines is 1. The van der Waals surface area contributed by atoms with Gasteiger partial charge in [-0.15, -0.1) is 11.6 Å². The van der Waals surface area contributed by atoms with Gasteiger partial charge >= 0.3 is 0 Å². The van der Waals surface area contributed by atoms with E-state index in [2.05, 4.69) is 15.9 Å². The smallest absolute Gasteiger partial charge is 0.242 e. The highest BCUT2D eigenvalue weighted by molar-refractivity contribution is 9.10. The van der Waals surface area contributed by atoms with Crippen molar-refractivity contribution in [3.05, 3.63) is 100 Å². The lowest BCUT2D eigenvalue weighted by Crippen LogP contribution is -2.32. The minimum absolute atomic E-state index is 0.133. The van der Waals surface area contributed by atoms with Crippen LogP contribution in [0.5, 0.6) is 0 Å². The van der Waals surface area contributed by atoms with Gasteiger partial charge in [-0.3, -0.25) is 4.79 Å². The molecular formula is C22H19BrClNO2. The molecular weight excluding hydrogens is 426 g/mol. The Morgan fingerprint density at radius 3 is 2.19 bits per heavy atom. The molecule has 0 fully saturated rings. The van der Waals surface area contributed by atoms with E-state index in [4.69, 9.17) is 11.6 Å². The topological polar surface area (TPSA) is 40.5 Å². The molecule has 0 aliphatic rings. The number of amides is 1. The van der Waals surface area contributed by atoms with Crippen molar-refractivity contribution in [1.82, 2.24) is 0 Å². The first-order valence-electron chi connectivity index (χ1n) is 8.53. The zero-order chi connectivity index (χ0) is 19.2. The van der Waals surface area contributed by atoms with Gasteiger partial charge in [0.05, 0.1) is 12.2 Å². The van der Waals surface area contributed by atoms with Gasteiger partial charge in [0.2, 0.25) is 5.91 Å². The number of para-hydroxylation sites is 1. The van der Waals surface area contributed by atoms with Crippen LogP contribution in [0.2, 0.25) is 0 Å². The van der Waals surface area contributed by atoms with E-state index in [9.17, 15) is 9.90 Å². The molecule has 0 saturated heterocycles. The Bertz CT molecular complexity index is 917. The molecule has 0 bridgehead atoms. The van der Waals surface area contributed by atoms with Gasteiger partial charge in [0, 0.05) is 10.0 Å². The van der Waals surface area contributed by atoms with Crippen molar-refractivity contribution in [2.45, 2.75) is 12.6 Å². The fourth-order valence-electron chi connectivity index (χ4n) is 2.97. The Morgan fingerprint density at radius 2 is 1.52 bits per heavy atom. The summed E-state index contributed by atoms with van der Waals surface area (Å²) in [6.07, 6.45) is -0.877. The highest BCUT2D eigenvalue weighted by atomic mass is 79.9. The summed E-state index contributed by atoms with van der Waals surface area (Å²) in [4.78, 5) is 14.2. The van der Waals surface area contributed by atoms with Crippen LogP contribution >= 0.6 is 27.5 Å². The summed E-state index contributed by atoms with van der Waals surface area (Å²) >= 11 is 9.37. The van der Waals surface area contributed by atoms with E-state index in [0.717, 1.165) is 15.6 Å². The van der Waals surface area contributed by atoms with Crippen LogP contribution < -0.4 is 4.90 Å². The molecule has 5 heteroatoms. The number of carbonyl (C=O) groups excluding carboxylic acids is 1. The standard InChI is InChI=1S/C22H19BrClNO2/c23-19-12-6-4-10-17(19)22(27)18-11-5-7-13-20(18)25(21(26)14-24)15-16-8-2-1-3-9-16/h1-13,22,27H,14-15H2. The molecule has 0 aromatic heterocycles. The van der Waals surface area contributed by atoms with Crippen LogP contribution in [0.4, 0.5) is 5.69 Å². The van der Waals surface area contributed by atoms with Crippen molar-refractivity contribution < 1.29 is 9.90 Å². The molecule has 3 aromatic carbocycles. The van der Waals surface area contributed by atoms with Crippen LogP contribution in [0.3, 0.4) is 0 Å². The first-order valence-corrected chi connectivity index (χ1v) is 9.86.